The second-order valence-electron chi connectivity index (χ2n) is 4.59. The molecule has 4 heteroatoms. The molecule has 25 heavy (non-hydrogen) atoms. The summed E-state index contributed by atoms with van der Waals surface area (Å²) in [7, 11) is 0. The van der Waals surface area contributed by atoms with Gasteiger partial charge in [0.15, 0.2) is 0 Å². The lowest BCUT2D eigenvalue weighted by atomic mass is 10.1. The van der Waals surface area contributed by atoms with Gasteiger partial charge in [-0.25, -0.2) is 0 Å². The number of hydrogen-bond acceptors (Lipinski definition) is 4. The number of benzene rings is 1. The topological polar surface area (TPSA) is 50.9 Å². The van der Waals surface area contributed by atoms with E-state index >= 15 is 0 Å². The molecule has 0 spiro atoms. The van der Waals surface area contributed by atoms with Gasteiger partial charge in [0.1, 0.15) is 0 Å². The van der Waals surface area contributed by atoms with Crippen molar-refractivity contribution in [2.24, 2.45) is 5.73 Å². The zero-order valence-electron chi connectivity index (χ0n) is 16.1. The second kappa shape index (κ2) is 13.3. The van der Waals surface area contributed by atoms with Crippen molar-refractivity contribution in [3.8, 4) is 0 Å². The first kappa shape index (κ1) is 23.0. The van der Waals surface area contributed by atoms with E-state index in [0.29, 0.717) is 6.54 Å². The highest BCUT2D eigenvalue weighted by Gasteiger charge is 2.08. The van der Waals surface area contributed by atoms with E-state index in [-0.39, 0.29) is 0 Å². The number of nitrogens with zero attached hydrogens (tertiary/aromatic N) is 1. The summed E-state index contributed by atoms with van der Waals surface area (Å²) < 4.78 is 3.35. The van der Waals surface area contributed by atoms with Gasteiger partial charge >= 0.3 is 0 Å². The van der Waals surface area contributed by atoms with E-state index in [1.54, 1.807) is 24.1 Å². The molecule has 0 amide bonds. The molecule has 1 aromatic carbocycles. The smallest absolute Gasteiger partial charge is 0.0720 e. The van der Waals surface area contributed by atoms with Crippen molar-refractivity contribution in [3.05, 3.63) is 66.0 Å². The van der Waals surface area contributed by atoms with Gasteiger partial charge in [-0.3, -0.25) is 4.98 Å². The van der Waals surface area contributed by atoms with Gasteiger partial charge in [-0.15, -0.1) is 0 Å². The van der Waals surface area contributed by atoms with Gasteiger partial charge in [0.25, 0.3) is 0 Å². The van der Waals surface area contributed by atoms with Gasteiger partial charge in [0.05, 0.1) is 17.1 Å². The summed E-state index contributed by atoms with van der Waals surface area (Å²) in [5, 5.41) is 0. The van der Waals surface area contributed by atoms with Crippen molar-refractivity contribution in [1.82, 2.24) is 4.98 Å². The molecule has 2 rings (SSSR count). The zero-order valence-corrected chi connectivity index (χ0v) is 16.9. The van der Waals surface area contributed by atoms with Gasteiger partial charge in [0.2, 0.25) is 0 Å². The highest BCUT2D eigenvalue weighted by Crippen LogP contribution is 2.28. The van der Waals surface area contributed by atoms with E-state index in [1.807, 2.05) is 33.8 Å². The Bertz CT molecular complexity index is 649. The molecule has 0 radical (unpaired) electrons. The molecule has 1 heterocycles. The fourth-order valence-corrected chi connectivity index (χ4v) is 2.58. The number of aryl methyl sites for hydroxylation is 1. The maximum Gasteiger partial charge on any atom is 0.0720 e. The summed E-state index contributed by atoms with van der Waals surface area (Å²) in [6, 6.07) is 10.3. The van der Waals surface area contributed by atoms with Crippen molar-refractivity contribution in [3.63, 3.8) is 0 Å². The molecule has 0 aliphatic carbocycles. The van der Waals surface area contributed by atoms with Crippen LogP contribution in [-0.2, 0) is 6.54 Å². The van der Waals surface area contributed by atoms with Crippen LogP contribution in [0.4, 0.5) is 5.69 Å². The van der Waals surface area contributed by atoms with Crippen molar-refractivity contribution >= 4 is 29.8 Å². The molecule has 0 fully saturated rings. The molecule has 0 saturated carbocycles. The van der Waals surface area contributed by atoms with E-state index in [9.17, 15) is 0 Å². The number of nitrogens with two attached hydrogens (primary N) is 1. The summed E-state index contributed by atoms with van der Waals surface area (Å²) in [5.74, 6) is 0. The predicted molar refractivity (Wildman–Crippen MR) is 116 cm³/mol. The minimum absolute atomic E-state index is 0.391. The average molecular weight is 358 g/mol. The Morgan fingerprint density at radius 2 is 1.68 bits per heavy atom. The van der Waals surface area contributed by atoms with E-state index in [1.165, 1.54) is 5.56 Å². The third kappa shape index (κ3) is 7.16. The van der Waals surface area contributed by atoms with Gasteiger partial charge in [-0.2, -0.15) is 0 Å². The number of rotatable bonds is 6. The second-order valence-corrected chi connectivity index (χ2v) is 5.47. The van der Waals surface area contributed by atoms with Crippen LogP contribution in [0.25, 0.3) is 12.2 Å². The standard InChI is InChI=1S/C17H19N3S.2C2H6/c1-4-15-16(5-2)19-13(11-18)10-17(15)20-21-14-8-6-12(3)7-9-14;2*1-2/h4-10H,1-2,11,18H2,3H3,(H,19,20);2*1-2H3. The van der Waals surface area contributed by atoms with Crippen LogP contribution >= 0.6 is 11.9 Å². The molecule has 0 saturated heterocycles. The molecule has 1 aromatic heterocycles. The molecule has 0 unspecified atom stereocenters. The lowest BCUT2D eigenvalue weighted by Crippen LogP contribution is -2.04. The highest BCUT2D eigenvalue weighted by molar-refractivity contribution is 8.00. The largest absolute Gasteiger partial charge is 0.325 e. The van der Waals surface area contributed by atoms with E-state index in [0.717, 1.165) is 27.5 Å². The Labute approximate surface area is 157 Å². The van der Waals surface area contributed by atoms with Crippen LogP contribution in [0.1, 0.15) is 50.2 Å². The number of pyridine rings is 1. The third-order valence-corrected chi connectivity index (χ3v) is 3.88. The first-order valence-corrected chi connectivity index (χ1v) is 9.48. The van der Waals surface area contributed by atoms with Crippen LogP contribution in [0.15, 0.2) is 48.4 Å². The highest BCUT2D eigenvalue weighted by atomic mass is 32.2. The summed E-state index contributed by atoms with van der Waals surface area (Å²) >= 11 is 1.55. The van der Waals surface area contributed by atoms with E-state index < -0.39 is 0 Å². The summed E-state index contributed by atoms with van der Waals surface area (Å²) in [6.07, 6.45) is 3.50. The molecule has 0 bridgehead atoms. The van der Waals surface area contributed by atoms with Crippen LogP contribution in [0.2, 0.25) is 0 Å². The zero-order chi connectivity index (χ0) is 19.2. The van der Waals surface area contributed by atoms with Gasteiger partial charge in [-0.1, -0.05) is 64.6 Å². The first-order chi connectivity index (χ1) is 12.2. The molecular weight excluding hydrogens is 326 g/mol. The van der Waals surface area contributed by atoms with Gasteiger partial charge in [-0.05, 0) is 43.1 Å². The minimum Gasteiger partial charge on any atom is -0.325 e. The fourth-order valence-electron chi connectivity index (χ4n) is 1.91. The number of nitrogens with one attached hydrogen (secondary N) is 1. The van der Waals surface area contributed by atoms with Crippen LogP contribution in [0.3, 0.4) is 0 Å². The normalized spacial score (nSPS) is 9.04. The Hall–Kier alpha value is -2.04. The summed E-state index contributed by atoms with van der Waals surface area (Å²) in [6.45, 7) is 18.1. The third-order valence-electron chi connectivity index (χ3n) is 3.05. The van der Waals surface area contributed by atoms with E-state index in [2.05, 4.69) is 54.1 Å². The molecule has 2 aromatic rings. The predicted octanol–water partition coefficient (Wildman–Crippen LogP) is 6.31. The molecule has 0 aliphatic heterocycles. The van der Waals surface area contributed by atoms with Crippen LogP contribution in [0, 0.1) is 6.92 Å². The summed E-state index contributed by atoms with van der Waals surface area (Å²) in [5.41, 5.74) is 10.4. The maximum atomic E-state index is 5.70. The first-order valence-electron chi connectivity index (χ1n) is 8.66. The number of aromatic nitrogens is 1. The van der Waals surface area contributed by atoms with Crippen LogP contribution in [-0.4, -0.2) is 4.98 Å². The van der Waals surface area contributed by atoms with Crippen LogP contribution in [0.5, 0.6) is 0 Å². The molecule has 3 nitrogen and oxygen atoms in total. The monoisotopic (exact) mass is 357 g/mol. The average Bonchev–Trinajstić information content (AvgIpc) is 2.69. The van der Waals surface area contributed by atoms with Crippen molar-refractivity contribution < 1.29 is 0 Å². The summed E-state index contributed by atoms with van der Waals surface area (Å²) in [4.78, 5) is 5.58. The lowest BCUT2D eigenvalue weighted by molar-refractivity contribution is 0.985. The maximum absolute atomic E-state index is 5.70. The van der Waals surface area contributed by atoms with Crippen LogP contribution < -0.4 is 10.5 Å². The number of hydrogen-bond donors (Lipinski definition) is 2. The molecule has 3 N–H and O–H groups in total. The number of anilines is 1. The SMILES string of the molecule is C=Cc1nc(CN)cc(NSc2ccc(C)cc2)c1C=C.CC.CC. The Morgan fingerprint density at radius 3 is 2.16 bits per heavy atom. The molecule has 0 aliphatic rings. The van der Waals surface area contributed by atoms with Gasteiger partial charge in [0, 0.05) is 17.0 Å². The van der Waals surface area contributed by atoms with Crippen molar-refractivity contribution in [2.45, 2.75) is 46.1 Å². The minimum atomic E-state index is 0.391. The Kier molecular flexibility index (Phi) is 12.2. The van der Waals surface area contributed by atoms with Crippen molar-refractivity contribution in [2.75, 3.05) is 4.72 Å². The fraction of sp³-hybridized carbons (Fsp3) is 0.286. The van der Waals surface area contributed by atoms with Crippen molar-refractivity contribution in [1.29, 1.82) is 0 Å². The van der Waals surface area contributed by atoms with E-state index in [4.69, 9.17) is 5.73 Å². The lowest BCUT2D eigenvalue weighted by Gasteiger charge is -2.13. The quantitative estimate of drug-likeness (QED) is 0.595. The Morgan fingerprint density at radius 1 is 1.08 bits per heavy atom. The molecule has 136 valence electrons. The molecule has 0 atom stereocenters. The molecular formula is C21H31N3S. The Balaban J connectivity index is 0.00000134. The van der Waals surface area contributed by atoms with Gasteiger partial charge < -0.3 is 10.5 Å².